The molecule has 1 N–H and O–H groups in total. The van der Waals surface area contributed by atoms with E-state index in [4.69, 9.17) is 4.74 Å². The molecule has 1 aromatic heterocycles. The monoisotopic (exact) mass is 215 g/mol. The third-order valence-corrected chi connectivity index (χ3v) is 3.28. The predicted octanol–water partition coefficient (Wildman–Crippen LogP) is 2.72. The molecular formula is C13H13NO2. The first-order valence-corrected chi connectivity index (χ1v) is 5.58. The Bertz CT molecular complexity index is 530. The summed E-state index contributed by atoms with van der Waals surface area (Å²) in [5.74, 6) is 0. The van der Waals surface area contributed by atoms with E-state index in [9.17, 15) is 4.79 Å². The third-order valence-electron chi connectivity index (χ3n) is 3.28. The van der Waals surface area contributed by atoms with E-state index in [2.05, 4.69) is 17.1 Å². The number of aromatic amines is 1. The molecule has 1 unspecified atom stereocenters. The van der Waals surface area contributed by atoms with E-state index in [1.165, 1.54) is 10.9 Å². The maximum atomic E-state index is 10.5. The van der Waals surface area contributed by atoms with Crippen molar-refractivity contribution in [2.75, 3.05) is 0 Å². The molecule has 1 heterocycles. The Kier molecular flexibility index (Phi) is 2.17. The lowest BCUT2D eigenvalue weighted by molar-refractivity contribution is -0.134. The van der Waals surface area contributed by atoms with Crippen molar-refractivity contribution in [2.45, 2.75) is 25.4 Å². The standard InChI is InChI=1S/C13H13NO2/c15-8-16-12-7-3-5-10-9-4-1-2-6-11(9)14-13(10)12/h1-2,4,6,8,12,14H,3,5,7H2. The first kappa shape index (κ1) is 9.46. The van der Waals surface area contributed by atoms with Crippen LogP contribution >= 0.6 is 0 Å². The average Bonchev–Trinajstić information content (AvgIpc) is 2.69. The minimum absolute atomic E-state index is 0.0892. The molecule has 1 atom stereocenters. The quantitative estimate of drug-likeness (QED) is 0.782. The van der Waals surface area contributed by atoms with Crippen LogP contribution in [-0.2, 0) is 16.0 Å². The molecule has 1 aliphatic carbocycles. The number of aromatic nitrogens is 1. The van der Waals surface area contributed by atoms with Crippen LogP contribution < -0.4 is 0 Å². The number of carbonyl (C=O) groups excluding carboxylic acids is 1. The van der Waals surface area contributed by atoms with Gasteiger partial charge in [0.25, 0.3) is 6.47 Å². The molecule has 1 aromatic carbocycles. The lowest BCUT2D eigenvalue weighted by atomic mass is 9.93. The number of rotatable bonds is 2. The van der Waals surface area contributed by atoms with Crippen molar-refractivity contribution in [3.05, 3.63) is 35.5 Å². The maximum absolute atomic E-state index is 10.5. The molecule has 82 valence electrons. The van der Waals surface area contributed by atoms with Gasteiger partial charge in [-0.25, -0.2) is 0 Å². The number of para-hydroxylation sites is 1. The molecular weight excluding hydrogens is 202 g/mol. The summed E-state index contributed by atoms with van der Waals surface area (Å²) in [6.07, 6.45) is 2.97. The van der Waals surface area contributed by atoms with E-state index < -0.39 is 0 Å². The number of fused-ring (bicyclic) bond motifs is 3. The lowest BCUT2D eigenvalue weighted by Gasteiger charge is -2.20. The average molecular weight is 215 g/mol. The molecule has 1 aliphatic rings. The van der Waals surface area contributed by atoms with Crippen LogP contribution in [0.5, 0.6) is 0 Å². The normalized spacial score (nSPS) is 19.4. The molecule has 0 spiro atoms. The van der Waals surface area contributed by atoms with E-state index >= 15 is 0 Å². The van der Waals surface area contributed by atoms with Crippen LogP contribution in [0, 0.1) is 0 Å². The Morgan fingerprint density at radius 3 is 3.12 bits per heavy atom. The van der Waals surface area contributed by atoms with Crippen LogP contribution in [0.25, 0.3) is 10.9 Å². The maximum Gasteiger partial charge on any atom is 0.293 e. The van der Waals surface area contributed by atoms with E-state index in [1.807, 2.05) is 12.1 Å². The second-order valence-electron chi connectivity index (χ2n) is 4.18. The molecule has 0 fully saturated rings. The van der Waals surface area contributed by atoms with Gasteiger partial charge in [0.05, 0.1) is 5.69 Å². The molecule has 16 heavy (non-hydrogen) atoms. The van der Waals surface area contributed by atoms with Gasteiger partial charge in [-0.1, -0.05) is 18.2 Å². The van der Waals surface area contributed by atoms with Gasteiger partial charge >= 0.3 is 0 Å². The smallest absolute Gasteiger partial charge is 0.293 e. The van der Waals surface area contributed by atoms with E-state index in [0.29, 0.717) is 6.47 Å². The van der Waals surface area contributed by atoms with E-state index in [-0.39, 0.29) is 6.10 Å². The zero-order valence-electron chi connectivity index (χ0n) is 8.90. The Hall–Kier alpha value is -1.77. The van der Waals surface area contributed by atoms with Crippen molar-refractivity contribution in [3.8, 4) is 0 Å². The number of aryl methyl sites for hydroxylation is 1. The Morgan fingerprint density at radius 2 is 2.25 bits per heavy atom. The van der Waals surface area contributed by atoms with Gasteiger partial charge in [-0.2, -0.15) is 0 Å². The zero-order valence-corrected chi connectivity index (χ0v) is 8.90. The van der Waals surface area contributed by atoms with Gasteiger partial charge in [0.2, 0.25) is 0 Å². The van der Waals surface area contributed by atoms with Gasteiger partial charge in [-0.05, 0) is 30.9 Å². The number of carbonyl (C=O) groups is 1. The molecule has 0 saturated carbocycles. The van der Waals surface area contributed by atoms with Gasteiger partial charge in [-0.15, -0.1) is 0 Å². The minimum Gasteiger partial charge on any atom is -0.458 e. The third kappa shape index (κ3) is 1.32. The van der Waals surface area contributed by atoms with Crippen LogP contribution in [0.4, 0.5) is 0 Å². The van der Waals surface area contributed by atoms with Gasteiger partial charge in [0, 0.05) is 10.9 Å². The highest BCUT2D eigenvalue weighted by atomic mass is 16.5. The molecule has 0 aliphatic heterocycles. The van der Waals surface area contributed by atoms with Crippen molar-refractivity contribution in [3.63, 3.8) is 0 Å². The summed E-state index contributed by atoms with van der Waals surface area (Å²) in [4.78, 5) is 13.8. The second kappa shape index (κ2) is 3.67. The summed E-state index contributed by atoms with van der Waals surface area (Å²) in [5, 5.41) is 1.26. The van der Waals surface area contributed by atoms with Crippen molar-refractivity contribution in [1.29, 1.82) is 0 Å². The fourth-order valence-electron chi connectivity index (χ4n) is 2.58. The molecule has 2 aromatic rings. The summed E-state index contributed by atoms with van der Waals surface area (Å²) < 4.78 is 5.13. The fourth-order valence-corrected chi connectivity index (χ4v) is 2.58. The van der Waals surface area contributed by atoms with Crippen LogP contribution in [0.2, 0.25) is 0 Å². The molecule has 3 heteroatoms. The molecule has 0 radical (unpaired) electrons. The van der Waals surface area contributed by atoms with Gasteiger partial charge < -0.3 is 9.72 Å². The van der Waals surface area contributed by atoms with Crippen LogP contribution in [0.1, 0.15) is 30.2 Å². The molecule has 3 rings (SSSR count). The predicted molar refractivity (Wildman–Crippen MR) is 61.1 cm³/mol. The summed E-state index contributed by atoms with van der Waals surface area (Å²) >= 11 is 0. The Morgan fingerprint density at radius 1 is 1.38 bits per heavy atom. The summed E-state index contributed by atoms with van der Waals surface area (Å²) in [5.41, 5.74) is 3.53. The fraction of sp³-hybridized carbons (Fsp3) is 0.308. The lowest BCUT2D eigenvalue weighted by Crippen LogP contribution is -2.11. The number of H-pyrrole nitrogens is 1. The number of hydrogen-bond acceptors (Lipinski definition) is 2. The second-order valence-corrected chi connectivity index (χ2v) is 4.18. The number of nitrogens with one attached hydrogen (secondary N) is 1. The first-order valence-electron chi connectivity index (χ1n) is 5.58. The van der Waals surface area contributed by atoms with Crippen LogP contribution in [0.15, 0.2) is 24.3 Å². The van der Waals surface area contributed by atoms with Gasteiger partial charge in [0.1, 0.15) is 6.10 Å². The Balaban J connectivity index is 2.17. The minimum atomic E-state index is -0.0892. The van der Waals surface area contributed by atoms with Crippen molar-refractivity contribution in [2.24, 2.45) is 0 Å². The highest BCUT2D eigenvalue weighted by Gasteiger charge is 2.24. The van der Waals surface area contributed by atoms with Crippen molar-refractivity contribution < 1.29 is 9.53 Å². The number of hydrogen-bond donors (Lipinski definition) is 1. The highest BCUT2D eigenvalue weighted by molar-refractivity contribution is 5.85. The van der Waals surface area contributed by atoms with Gasteiger partial charge in [-0.3, -0.25) is 4.79 Å². The zero-order chi connectivity index (χ0) is 11.0. The van der Waals surface area contributed by atoms with Crippen molar-refractivity contribution in [1.82, 2.24) is 4.98 Å². The summed E-state index contributed by atoms with van der Waals surface area (Å²) in [7, 11) is 0. The molecule has 0 saturated heterocycles. The SMILES string of the molecule is O=COC1CCCc2c1[nH]c1ccccc21. The van der Waals surface area contributed by atoms with Crippen LogP contribution in [-0.4, -0.2) is 11.5 Å². The molecule has 0 bridgehead atoms. The van der Waals surface area contributed by atoms with E-state index in [0.717, 1.165) is 30.5 Å². The largest absolute Gasteiger partial charge is 0.458 e. The molecule has 3 nitrogen and oxygen atoms in total. The number of ether oxygens (including phenoxy) is 1. The molecule has 0 amide bonds. The van der Waals surface area contributed by atoms with Crippen LogP contribution in [0.3, 0.4) is 0 Å². The van der Waals surface area contributed by atoms with E-state index in [1.54, 1.807) is 0 Å². The first-order chi connectivity index (χ1) is 7.90. The number of benzene rings is 1. The van der Waals surface area contributed by atoms with Crippen molar-refractivity contribution >= 4 is 17.4 Å². The summed E-state index contributed by atoms with van der Waals surface area (Å²) in [6, 6.07) is 8.24. The topological polar surface area (TPSA) is 42.1 Å². The highest BCUT2D eigenvalue weighted by Crippen LogP contribution is 2.36. The van der Waals surface area contributed by atoms with Gasteiger partial charge in [0.15, 0.2) is 0 Å². The Labute approximate surface area is 93.4 Å². The summed E-state index contributed by atoms with van der Waals surface area (Å²) in [6.45, 7) is 0.547.